The summed E-state index contributed by atoms with van der Waals surface area (Å²) in [5, 5.41) is 22.4. The van der Waals surface area contributed by atoms with E-state index in [4.69, 9.17) is 20.8 Å². The predicted molar refractivity (Wildman–Crippen MR) is 78.5 cm³/mol. The van der Waals surface area contributed by atoms with Crippen molar-refractivity contribution in [3.05, 3.63) is 21.5 Å². The summed E-state index contributed by atoms with van der Waals surface area (Å²) in [6, 6.07) is 0. The first kappa shape index (κ1) is 15.7. The van der Waals surface area contributed by atoms with Crippen LogP contribution in [0.5, 0.6) is 0 Å². The maximum Gasteiger partial charge on any atom is 0.200 e. The lowest BCUT2D eigenvalue weighted by molar-refractivity contribution is -0.0711. The van der Waals surface area contributed by atoms with Crippen LogP contribution in [0.4, 0.5) is 5.82 Å². The highest BCUT2D eigenvalue weighted by Crippen LogP contribution is 2.34. The Hall–Kier alpha value is -2.18. The van der Waals surface area contributed by atoms with E-state index in [9.17, 15) is 10.2 Å². The van der Waals surface area contributed by atoms with Gasteiger partial charge in [-0.15, -0.1) is 0 Å². The number of aliphatic hydroxyl groups excluding tert-OH is 2. The van der Waals surface area contributed by atoms with Crippen LogP contribution in [-0.2, 0) is 9.57 Å². The Morgan fingerprint density at radius 1 is 1.57 bits per heavy atom. The van der Waals surface area contributed by atoms with Crippen molar-refractivity contribution < 1.29 is 19.8 Å². The van der Waals surface area contributed by atoms with Gasteiger partial charge < -0.3 is 25.5 Å². The summed E-state index contributed by atoms with van der Waals surface area (Å²) in [6.45, 7) is -0.443. The molecule has 0 aliphatic carbocycles. The maximum atomic E-state index is 10.1. The minimum Gasteiger partial charge on any atom is -0.422 e. The molecule has 0 unspecified atom stereocenters. The van der Waals surface area contributed by atoms with E-state index in [1.165, 1.54) is 10.9 Å². The molecule has 1 aliphatic rings. The molecule has 12 nitrogen and oxygen atoms in total. The molecule has 1 saturated heterocycles. The number of halogens is 1. The van der Waals surface area contributed by atoms with Gasteiger partial charge in [0, 0.05) is 4.91 Å². The fraction of sp³-hybridized carbons (Fsp3) is 0.500. The number of aliphatic hydroxyl groups is 2. The fourth-order valence-electron chi connectivity index (χ4n) is 2.38. The minimum absolute atomic E-state index is 0.158. The molecule has 4 N–H and O–H groups in total. The van der Waals surface area contributed by atoms with E-state index < -0.39 is 31.1 Å². The monoisotopic (exact) mass is 386 g/mol. The van der Waals surface area contributed by atoms with Gasteiger partial charge in [-0.25, -0.2) is 15.0 Å². The Bertz CT molecular complexity index is 778. The number of hydrogen-bond donors (Lipinski definition) is 3. The summed E-state index contributed by atoms with van der Waals surface area (Å²) in [5.41, 5.74) is 14.8. The van der Waals surface area contributed by atoms with E-state index in [-0.39, 0.29) is 10.6 Å². The lowest BCUT2D eigenvalue weighted by Crippen LogP contribution is -2.34. The molecule has 0 amide bonds. The van der Waals surface area contributed by atoms with Crippen LogP contribution < -0.4 is 5.73 Å². The van der Waals surface area contributed by atoms with Crippen LogP contribution in [0.15, 0.2) is 16.3 Å². The summed E-state index contributed by atoms with van der Waals surface area (Å²) in [7, 11) is 0. The van der Waals surface area contributed by atoms with Gasteiger partial charge in [0.15, 0.2) is 23.8 Å². The molecule has 3 rings (SSSR count). The molecule has 0 bridgehead atoms. The summed E-state index contributed by atoms with van der Waals surface area (Å²) >= 11 is 3.13. The molecular formula is C10H11BrN8O4. The van der Waals surface area contributed by atoms with Gasteiger partial charge in [0.1, 0.15) is 23.0 Å². The van der Waals surface area contributed by atoms with Gasteiger partial charge in [-0.3, -0.25) is 4.57 Å². The second kappa shape index (κ2) is 6.14. The summed E-state index contributed by atoms with van der Waals surface area (Å²) in [5.74, 6) is 0.158. The number of nitrogen functional groups attached to an aromatic ring is 1. The number of rotatable bonds is 4. The average molecular weight is 387 g/mol. The lowest BCUT2D eigenvalue weighted by Gasteiger charge is -2.19. The van der Waals surface area contributed by atoms with Crippen molar-refractivity contribution in [2.24, 2.45) is 5.28 Å². The Balaban J connectivity index is 2.06. The van der Waals surface area contributed by atoms with Crippen molar-refractivity contribution in [1.82, 2.24) is 19.5 Å². The third-order valence-corrected chi connectivity index (χ3v) is 3.75. The SMILES string of the molecule is [N-]=[N+]=NO[C@@H]1[C@@H](O)[C@@H](CO)O[C@H]1n1cnc2c(N)nc(Br)nc21. The standard InChI is InChI=1S/C10H11BrN8O4/c11-10-15-7(12)4-8(16-10)19(2-14-4)9-6(23-18-17-13)5(21)3(1-20)22-9/h2-3,5-6,9,20-21H,1H2,(H2,12,15,16)/t3-,5+,6-,9-/m1/s1. The number of aromatic nitrogens is 4. The van der Waals surface area contributed by atoms with E-state index in [1.807, 2.05) is 0 Å². The lowest BCUT2D eigenvalue weighted by atomic mass is 10.1. The largest absolute Gasteiger partial charge is 0.422 e. The summed E-state index contributed by atoms with van der Waals surface area (Å²) in [6.07, 6.45) is -2.74. The van der Waals surface area contributed by atoms with Crippen LogP contribution in [0.25, 0.3) is 21.6 Å². The molecular weight excluding hydrogens is 376 g/mol. The number of nitrogens with two attached hydrogens (primary N) is 1. The van der Waals surface area contributed by atoms with Crippen molar-refractivity contribution in [3.8, 4) is 0 Å². The first-order valence-corrected chi connectivity index (χ1v) is 7.16. The highest BCUT2D eigenvalue weighted by molar-refractivity contribution is 9.10. The quantitative estimate of drug-likeness (QED) is 0.216. The highest BCUT2D eigenvalue weighted by atomic mass is 79.9. The van der Waals surface area contributed by atoms with E-state index in [2.05, 4.69) is 41.1 Å². The van der Waals surface area contributed by atoms with Gasteiger partial charge in [-0.2, -0.15) is 0 Å². The Labute approximate surface area is 136 Å². The van der Waals surface area contributed by atoms with Gasteiger partial charge >= 0.3 is 0 Å². The molecule has 2 aromatic heterocycles. The molecule has 23 heavy (non-hydrogen) atoms. The van der Waals surface area contributed by atoms with Crippen LogP contribution in [0.1, 0.15) is 6.23 Å². The number of ether oxygens (including phenoxy) is 1. The Morgan fingerprint density at radius 2 is 2.35 bits per heavy atom. The van der Waals surface area contributed by atoms with Gasteiger partial charge in [0.05, 0.1) is 12.9 Å². The van der Waals surface area contributed by atoms with Crippen LogP contribution in [-0.4, -0.2) is 54.7 Å². The van der Waals surface area contributed by atoms with Crippen molar-refractivity contribution in [3.63, 3.8) is 0 Å². The molecule has 0 aromatic carbocycles. The third-order valence-electron chi connectivity index (χ3n) is 3.39. The van der Waals surface area contributed by atoms with Crippen molar-refractivity contribution in [2.45, 2.75) is 24.5 Å². The number of anilines is 1. The Morgan fingerprint density at radius 3 is 3.04 bits per heavy atom. The number of fused-ring (bicyclic) bond motifs is 1. The fourth-order valence-corrected chi connectivity index (χ4v) is 2.74. The van der Waals surface area contributed by atoms with E-state index in [0.29, 0.717) is 11.2 Å². The molecule has 0 saturated carbocycles. The van der Waals surface area contributed by atoms with Crippen molar-refractivity contribution >= 4 is 32.9 Å². The second-order valence-electron chi connectivity index (χ2n) is 4.68. The summed E-state index contributed by atoms with van der Waals surface area (Å²) < 4.78 is 7.26. The number of nitrogens with zero attached hydrogens (tertiary/aromatic N) is 7. The minimum atomic E-state index is -1.21. The molecule has 0 spiro atoms. The van der Waals surface area contributed by atoms with Gasteiger partial charge in [-0.05, 0) is 21.5 Å². The normalized spacial score (nSPS) is 27.1. The predicted octanol–water partition coefficient (Wildman–Crippen LogP) is 0.0321. The van der Waals surface area contributed by atoms with Gasteiger partial charge in [-0.1, -0.05) is 0 Å². The number of hydrogen-bond acceptors (Lipinski definition) is 9. The first-order valence-electron chi connectivity index (χ1n) is 6.37. The first-order chi connectivity index (χ1) is 11.1. The zero-order valence-electron chi connectivity index (χ0n) is 11.4. The van der Waals surface area contributed by atoms with Crippen molar-refractivity contribution in [2.75, 3.05) is 12.3 Å². The van der Waals surface area contributed by atoms with E-state index in [1.54, 1.807) is 0 Å². The topological polar surface area (TPSA) is 177 Å². The maximum absolute atomic E-state index is 10.1. The van der Waals surface area contributed by atoms with Crippen LogP contribution in [0.2, 0.25) is 0 Å². The summed E-state index contributed by atoms with van der Waals surface area (Å²) in [4.78, 5) is 19.6. The third kappa shape index (κ3) is 2.64. The van der Waals surface area contributed by atoms with E-state index in [0.717, 1.165) is 0 Å². The average Bonchev–Trinajstić information content (AvgIpc) is 3.06. The highest BCUT2D eigenvalue weighted by Gasteiger charge is 2.46. The van der Waals surface area contributed by atoms with Crippen molar-refractivity contribution in [1.29, 1.82) is 0 Å². The number of azide groups is 1. The zero-order chi connectivity index (χ0) is 16.6. The van der Waals surface area contributed by atoms with Gasteiger partial charge in [0.25, 0.3) is 0 Å². The molecule has 0 radical (unpaired) electrons. The molecule has 1 fully saturated rings. The van der Waals surface area contributed by atoms with Gasteiger partial charge in [0.2, 0.25) is 4.73 Å². The molecule has 4 atom stereocenters. The molecule has 1 aliphatic heterocycles. The molecule has 3 heterocycles. The second-order valence-corrected chi connectivity index (χ2v) is 5.39. The number of imidazole rings is 1. The molecule has 2 aromatic rings. The molecule has 13 heteroatoms. The zero-order valence-corrected chi connectivity index (χ0v) is 13.0. The molecule has 122 valence electrons. The van der Waals surface area contributed by atoms with Crippen LogP contribution in [0, 0.1) is 0 Å². The smallest absolute Gasteiger partial charge is 0.200 e. The van der Waals surface area contributed by atoms with E-state index >= 15 is 0 Å². The van der Waals surface area contributed by atoms with Crippen LogP contribution in [0.3, 0.4) is 0 Å². The Kier molecular flexibility index (Phi) is 4.19. The van der Waals surface area contributed by atoms with Crippen LogP contribution >= 0.6 is 15.9 Å².